The average Bonchev–Trinajstić information content (AvgIpc) is 2.19. The van der Waals surface area contributed by atoms with Gasteiger partial charge in [-0.15, -0.1) is 0 Å². The van der Waals surface area contributed by atoms with E-state index in [2.05, 4.69) is 31.2 Å². The molecule has 1 aromatic rings. The van der Waals surface area contributed by atoms with Gasteiger partial charge >= 0.3 is 0 Å². The number of carbonyl (C=O) groups is 1. The summed E-state index contributed by atoms with van der Waals surface area (Å²) in [6.45, 7) is 7.79. The number of aryl methyl sites for hydroxylation is 1. The molecule has 0 aromatic heterocycles. The van der Waals surface area contributed by atoms with Crippen LogP contribution in [0, 0.1) is 5.41 Å². The highest BCUT2D eigenvalue weighted by Crippen LogP contribution is 2.05. The van der Waals surface area contributed by atoms with Gasteiger partial charge in [0.1, 0.15) is 6.29 Å². The summed E-state index contributed by atoms with van der Waals surface area (Å²) in [7, 11) is 0. The summed E-state index contributed by atoms with van der Waals surface area (Å²) in [5.74, 6) is 0. The smallest absolute Gasteiger partial charge is 0.125 e. The van der Waals surface area contributed by atoms with Crippen molar-refractivity contribution >= 4 is 6.29 Å². The van der Waals surface area contributed by atoms with E-state index in [9.17, 15) is 4.79 Å². The van der Waals surface area contributed by atoms with E-state index < -0.39 is 0 Å². The third-order valence-electron chi connectivity index (χ3n) is 1.60. The van der Waals surface area contributed by atoms with Crippen LogP contribution in [-0.4, -0.2) is 6.29 Å². The van der Waals surface area contributed by atoms with Crippen LogP contribution in [0.2, 0.25) is 0 Å². The molecular formula is C13H20O. The first-order valence-corrected chi connectivity index (χ1v) is 5.00. The molecule has 1 rings (SSSR count). The maximum atomic E-state index is 9.83. The molecule has 14 heavy (non-hydrogen) atoms. The van der Waals surface area contributed by atoms with Crippen molar-refractivity contribution in [3.63, 3.8) is 0 Å². The Bertz CT molecular complexity index is 244. The van der Waals surface area contributed by atoms with E-state index in [1.807, 2.05) is 26.8 Å². The summed E-state index contributed by atoms with van der Waals surface area (Å²) in [4.78, 5) is 9.83. The van der Waals surface area contributed by atoms with Crippen molar-refractivity contribution in [1.29, 1.82) is 0 Å². The van der Waals surface area contributed by atoms with Gasteiger partial charge in [-0.25, -0.2) is 0 Å². The summed E-state index contributed by atoms with van der Waals surface area (Å²) in [5.41, 5.74) is 1.27. The molecule has 0 fully saturated rings. The predicted molar refractivity (Wildman–Crippen MR) is 61.3 cm³/mol. The van der Waals surface area contributed by atoms with Gasteiger partial charge in [-0.1, -0.05) is 58.0 Å². The Kier molecular flexibility index (Phi) is 5.86. The second-order valence-electron chi connectivity index (χ2n) is 4.32. The number of aldehydes is 1. The van der Waals surface area contributed by atoms with Crippen LogP contribution >= 0.6 is 0 Å². The average molecular weight is 192 g/mol. The van der Waals surface area contributed by atoms with E-state index in [1.165, 1.54) is 5.56 Å². The second kappa shape index (κ2) is 6.36. The molecule has 0 amide bonds. The van der Waals surface area contributed by atoms with Crippen molar-refractivity contribution in [3.05, 3.63) is 35.9 Å². The zero-order chi connectivity index (χ0) is 11.0. The maximum Gasteiger partial charge on any atom is 0.125 e. The molecule has 0 saturated carbocycles. The zero-order valence-corrected chi connectivity index (χ0v) is 9.58. The Morgan fingerprint density at radius 2 is 1.57 bits per heavy atom. The van der Waals surface area contributed by atoms with Crippen molar-refractivity contribution in [3.8, 4) is 0 Å². The van der Waals surface area contributed by atoms with E-state index in [4.69, 9.17) is 0 Å². The molecular weight excluding hydrogens is 172 g/mol. The molecule has 0 radical (unpaired) electrons. The fourth-order valence-electron chi connectivity index (χ4n) is 0.714. The van der Waals surface area contributed by atoms with E-state index >= 15 is 0 Å². The molecule has 0 heterocycles. The lowest BCUT2D eigenvalue weighted by molar-refractivity contribution is -0.113. The Labute approximate surface area is 87.2 Å². The minimum absolute atomic E-state index is 0.139. The third-order valence-corrected chi connectivity index (χ3v) is 1.60. The molecule has 0 aliphatic heterocycles. The Morgan fingerprint density at radius 1 is 1.14 bits per heavy atom. The highest BCUT2D eigenvalue weighted by atomic mass is 16.1. The second-order valence-corrected chi connectivity index (χ2v) is 4.32. The highest BCUT2D eigenvalue weighted by Gasteiger charge is 2.04. The predicted octanol–water partition coefficient (Wildman–Crippen LogP) is 3.48. The summed E-state index contributed by atoms with van der Waals surface area (Å²) >= 11 is 0. The number of carbonyl (C=O) groups excluding carboxylic acids is 1. The van der Waals surface area contributed by atoms with E-state index in [0.717, 1.165) is 12.7 Å². The fraction of sp³-hybridized carbons (Fsp3) is 0.462. The van der Waals surface area contributed by atoms with E-state index in [1.54, 1.807) is 0 Å². The molecule has 0 unspecified atom stereocenters. The number of hydrogen-bond donors (Lipinski definition) is 0. The summed E-state index contributed by atoms with van der Waals surface area (Å²) in [6.07, 6.45) is 2.08. The lowest BCUT2D eigenvalue weighted by Crippen LogP contribution is -2.04. The van der Waals surface area contributed by atoms with Gasteiger partial charge in [0.2, 0.25) is 0 Å². The van der Waals surface area contributed by atoms with E-state index in [0.29, 0.717) is 0 Å². The zero-order valence-electron chi connectivity index (χ0n) is 9.58. The number of hydrogen-bond acceptors (Lipinski definition) is 1. The van der Waals surface area contributed by atoms with Crippen LogP contribution in [0.25, 0.3) is 0 Å². The summed E-state index contributed by atoms with van der Waals surface area (Å²) < 4.78 is 0. The van der Waals surface area contributed by atoms with Gasteiger partial charge in [0.05, 0.1) is 0 Å². The third kappa shape index (κ3) is 7.53. The van der Waals surface area contributed by atoms with Crippen molar-refractivity contribution in [2.45, 2.75) is 34.1 Å². The van der Waals surface area contributed by atoms with Crippen LogP contribution in [0.3, 0.4) is 0 Å². The maximum absolute atomic E-state index is 9.83. The minimum atomic E-state index is -0.139. The molecule has 0 atom stereocenters. The lowest BCUT2D eigenvalue weighted by Gasteiger charge is -2.03. The van der Waals surface area contributed by atoms with Gasteiger partial charge in [-0.2, -0.15) is 0 Å². The van der Waals surface area contributed by atoms with Crippen molar-refractivity contribution in [1.82, 2.24) is 0 Å². The minimum Gasteiger partial charge on any atom is -0.303 e. The fourth-order valence-corrected chi connectivity index (χ4v) is 0.714. The Balaban J connectivity index is 0.000000255. The van der Waals surface area contributed by atoms with Crippen molar-refractivity contribution in [2.75, 3.05) is 0 Å². The van der Waals surface area contributed by atoms with Crippen LogP contribution in [0.4, 0.5) is 0 Å². The van der Waals surface area contributed by atoms with Crippen LogP contribution < -0.4 is 0 Å². The summed E-state index contributed by atoms with van der Waals surface area (Å²) in [5, 5.41) is 0. The van der Waals surface area contributed by atoms with Crippen LogP contribution in [0.1, 0.15) is 33.3 Å². The molecule has 1 heteroatoms. The van der Waals surface area contributed by atoms with Gasteiger partial charge in [0.25, 0.3) is 0 Å². The Morgan fingerprint density at radius 3 is 1.79 bits per heavy atom. The topological polar surface area (TPSA) is 17.1 Å². The standard InChI is InChI=1S/C8H10.C5H10O/c1-2-8-6-4-3-5-7-8;1-5(2,3)4-6/h3-7H,2H2,1H3;4H,1-3H3. The molecule has 0 aliphatic rings. The van der Waals surface area contributed by atoms with Gasteiger partial charge in [-0.3, -0.25) is 0 Å². The molecule has 0 aliphatic carbocycles. The van der Waals surface area contributed by atoms with Gasteiger partial charge in [0, 0.05) is 5.41 Å². The Hall–Kier alpha value is -1.11. The highest BCUT2D eigenvalue weighted by molar-refractivity contribution is 5.56. The molecule has 0 saturated heterocycles. The quantitative estimate of drug-likeness (QED) is 0.622. The molecule has 0 bridgehead atoms. The first-order valence-electron chi connectivity index (χ1n) is 5.00. The normalized spacial score (nSPS) is 10.0. The van der Waals surface area contributed by atoms with Crippen LogP contribution in [0.15, 0.2) is 30.3 Å². The molecule has 1 nitrogen and oxygen atoms in total. The van der Waals surface area contributed by atoms with E-state index in [-0.39, 0.29) is 5.41 Å². The summed E-state index contributed by atoms with van der Waals surface area (Å²) in [6, 6.07) is 10.5. The van der Waals surface area contributed by atoms with Gasteiger partial charge in [-0.05, 0) is 12.0 Å². The van der Waals surface area contributed by atoms with Crippen molar-refractivity contribution < 1.29 is 4.79 Å². The van der Waals surface area contributed by atoms with Gasteiger partial charge < -0.3 is 4.79 Å². The van der Waals surface area contributed by atoms with Crippen LogP contribution in [0.5, 0.6) is 0 Å². The van der Waals surface area contributed by atoms with Crippen molar-refractivity contribution in [2.24, 2.45) is 5.41 Å². The SMILES string of the molecule is CC(C)(C)C=O.CCc1ccccc1. The number of rotatable bonds is 1. The van der Waals surface area contributed by atoms with Crippen LogP contribution in [-0.2, 0) is 11.2 Å². The lowest BCUT2D eigenvalue weighted by atomic mass is 10.0. The number of benzene rings is 1. The molecule has 78 valence electrons. The molecule has 0 N–H and O–H groups in total. The first-order chi connectivity index (χ1) is 6.49. The molecule has 1 aromatic carbocycles. The van der Waals surface area contributed by atoms with Gasteiger partial charge in [0.15, 0.2) is 0 Å². The first kappa shape index (κ1) is 12.9. The largest absolute Gasteiger partial charge is 0.303 e. The monoisotopic (exact) mass is 192 g/mol. The molecule has 0 spiro atoms.